The molecule has 0 fully saturated rings. The number of ether oxygens (including phenoxy) is 4. The van der Waals surface area contributed by atoms with Crippen molar-refractivity contribution in [1.82, 2.24) is 0 Å². The van der Waals surface area contributed by atoms with Gasteiger partial charge in [0.1, 0.15) is 19.3 Å². The molecule has 0 amide bonds. The van der Waals surface area contributed by atoms with Gasteiger partial charge in [-0.15, -0.1) is 0 Å². The van der Waals surface area contributed by atoms with Gasteiger partial charge in [0.05, 0.1) is 26.4 Å². The first-order valence-electron chi connectivity index (χ1n) is 46.5. The molecular weight excluding hydrogens is 1410 g/mol. The number of aliphatic hydroxyl groups excluding tert-OH is 1. The first-order valence-corrected chi connectivity index (χ1v) is 49.5. The Morgan fingerprint density at radius 2 is 0.422 bits per heavy atom. The second-order valence-corrected chi connectivity index (χ2v) is 36.2. The topological polar surface area (TPSA) is 237 Å². The molecule has 17 nitrogen and oxygen atoms in total. The first-order chi connectivity index (χ1) is 52.9. The fourth-order valence-electron chi connectivity index (χ4n) is 14.1. The Labute approximate surface area is 670 Å². The number of hydrogen-bond donors (Lipinski definition) is 3. The zero-order valence-corrected chi connectivity index (χ0v) is 73.7. The third-order valence-corrected chi connectivity index (χ3v) is 23.1. The highest BCUT2D eigenvalue weighted by atomic mass is 31.2. The number of hydrogen-bond acceptors (Lipinski definition) is 15. The van der Waals surface area contributed by atoms with Gasteiger partial charge in [-0.05, 0) is 37.5 Å². The summed E-state index contributed by atoms with van der Waals surface area (Å²) in [4.78, 5) is 73.2. The van der Waals surface area contributed by atoms with E-state index in [4.69, 9.17) is 37.0 Å². The molecule has 0 radical (unpaired) electrons. The van der Waals surface area contributed by atoms with Gasteiger partial charge in [-0.1, -0.05) is 433 Å². The van der Waals surface area contributed by atoms with Gasteiger partial charge >= 0.3 is 39.5 Å². The van der Waals surface area contributed by atoms with Crippen LogP contribution in [0.4, 0.5) is 0 Å². The molecule has 0 saturated carbocycles. The van der Waals surface area contributed by atoms with Gasteiger partial charge in [0, 0.05) is 25.7 Å². The molecule has 19 heteroatoms. The first kappa shape index (κ1) is 107. The maximum absolute atomic E-state index is 13.2. The number of unbranched alkanes of at least 4 members (excludes halogenated alkanes) is 59. The van der Waals surface area contributed by atoms with Gasteiger partial charge in [-0.3, -0.25) is 37.3 Å². The van der Waals surface area contributed by atoms with E-state index in [1.807, 2.05) is 0 Å². The Balaban J connectivity index is 5.17. The molecule has 0 aliphatic heterocycles. The van der Waals surface area contributed by atoms with Crippen LogP contribution in [0.5, 0.6) is 0 Å². The molecule has 0 spiro atoms. The zero-order chi connectivity index (χ0) is 79.9. The molecule has 0 heterocycles. The van der Waals surface area contributed by atoms with Gasteiger partial charge in [0.25, 0.3) is 0 Å². The lowest BCUT2D eigenvalue weighted by molar-refractivity contribution is -0.161. The summed E-state index contributed by atoms with van der Waals surface area (Å²) in [5, 5.41) is 10.7. The van der Waals surface area contributed by atoms with E-state index in [2.05, 4.69) is 41.5 Å². The quantitative estimate of drug-likeness (QED) is 0.0222. The molecule has 109 heavy (non-hydrogen) atoms. The minimum absolute atomic E-state index is 0.109. The molecule has 0 aromatic rings. The van der Waals surface area contributed by atoms with Crippen LogP contribution in [0.3, 0.4) is 0 Å². The van der Waals surface area contributed by atoms with E-state index in [1.54, 1.807) is 0 Å². The summed E-state index contributed by atoms with van der Waals surface area (Å²) in [6.45, 7) is 9.74. The fraction of sp³-hybridized carbons (Fsp3) is 0.956. The van der Waals surface area contributed by atoms with Crippen LogP contribution in [0.2, 0.25) is 0 Å². The number of aliphatic hydroxyl groups is 1. The third-order valence-electron chi connectivity index (χ3n) is 21.2. The van der Waals surface area contributed by atoms with Crippen LogP contribution in [0.25, 0.3) is 0 Å². The SMILES string of the molecule is CCCCCCCCCCCCCCCCCCCCCC(=O)O[C@H](COC(=O)CCCCCCCCCC)COP(=O)(O)OC[C@H](O)COP(=O)(O)OC[C@@H](COC(=O)CCCCCCCCCCCCCCCCCCCCC(C)C)OC(=O)CCCCCCCCCCCCCCCCCCCCC(C)C. The largest absolute Gasteiger partial charge is 0.472 e. The number of phosphoric ester groups is 2. The Bertz CT molecular complexity index is 2080. The van der Waals surface area contributed by atoms with Crippen LogP contribution in [-0.2, 0) is 65.4 Å². The summed E-state index contributed by atoms with van der Waals surface area (Å²) in [6, 6.07) is 0. The van der Waals surface area contributed by atoms with Gasteiger partial charge in [-0.2, -0.15) is 0 Å². The fourth-order valence-corrected chi connectivity index (χ4v) is 15.7. The number of phosphoric acid groups is 2. The van der Waals surface area contributed by atoms with Crippen LogP contribution < -0.4 is 0 Å². The second kappa shape index (κ2) is 81.2. The smallest absolute Gasteiger partial charge is 0.462 e. The van der Waals surface area contributed by atoms with Gasteiger partial charge in [-0.25, -0.2) is 9.13 Å². The number of rotatable bonds is 89. The molecule has 0 aliphatic rings. The summed E-state index contributed by atoms with van der Waals surface area (Å²) >= 11 is 0. The van der Waals surface area contributed by atoms with Crippen molar-refractivity contribution in [2.75, 3.05) is 39.6 Å². The summed E-state index contributed by atoms with van der Waals surface area (Å²) in [6.07, 6.45) is 75.2. The van der Waals surface area contributed by atoms with Crippen LogP contribution in [-0.4, -0.2) is 96.7 Å². The predicted octanol–water partition coefficient (Wildman–Crippen LogP) is 27.8. The Morgan fingerprint density at radius 1 is 0.248 bits per heavy atom. The normalized spacial score (nSPS) is 13.8. The standard InChI is InChI=1S/C90H176O17P2/c1-7-9-11-13-15-17-18-19-20-21-22-30-35-40-45-50-56-62-68-74-89(94)106-85(78-100-87(92)72-66-60-54-16-14-12-10-8-2)80-104-108(96,97)102-76-84(91)77-103-109(98,99)105-81-86(107-90(95)75-69-63-57-51-46-41-36-31-26-24-28-33-38-43-48-53-59-65-71-83(5)6)79-101-88(93)73-67-61-55-49-44-39-34-29-25-23-27-32-37-42-47-52-58-64-70-82(3)4/h82-86,91H,7-81H2,1-6H3,(H,96,97)(H,98,99)/t84-,85+,86+/m0/s1. The molecular formula is C90H176O17P2. The Kier molecular flexibility index (Phi) is 79.8. The zero-order valence-electron chi connectivity index (χ0n) is 71.9. The van der Waals surface area contributed by atoms with Gasteiger partial charge in [0.2, 0.25) is 0 Å². The van der Waals surface area contributed by atoms with Gasteiger partial charge in [0.15, 0.2) is 12.2 Å². The minimum Gasteiger partial charge on any atom is -0.462 e. The van der Waals surface area contributed by atoms with Crippen molar-refractivity contribution in [3.05, 3.63) is 0 Å². The summed E-state index contributed by atoms with van der Waals surface area (Å²) < 4.78 is 68.9. The summed E-state index contributed by atoms with van der Waals surface area (Å²) in [5.74, 6) is -0.457. The van der Waals surface area contributed by atoms with E-state index in [-0.39, 0.29) is 25.7 Å². The van der Waals surface area contributed by atoms with Crippen LogP contribution in [0.1, 0.15) is 485 Å². The molecule has 2 unspecified atom stereocenters. The van der Waals surface area contributed by atoms with Crippen molar-refractivity contribution in [3.63, 3.8) is 0 Å². The molecule has 5 atom stereocenters. The van der Waals surface area contributed by atoms with Crippen LogP contribution >= 0.6 is 15.6 Å². The lowest BCUT2D eigenvalue weighted by atomic mass is 10.0. The molecule has 0 rings (SSSR count). The minimum atomic E-state index is -4.97. The predicted molar refractivity (Wildman–Crippen MR) is 451 cm³/mol. The second-order valence-electron chi connectivity index (χ2n) is 33.3. The summed E-state index contributed by atoms with van der Waals surface area (Å²) in [7, 11) is -9.93. The lowest BCUT2D eigenvalue weighted by Gasteiger charge is -2.21. The monoisotopic (exact) mass is 1590 g/mol. The third kappa shape index (κ3) is 83.8. The van der Waals surface area contributed by atoms with E-state index in [1.165, 1.54) is 302 Å². The Hall–Kier alpha value is -1.94. The Morgan fingerprint density at radius 3 is 0.624 bits per heavy atom. The molecule has 0 aromatic heterocycles. The maximum Gasteiger partial charge on any atom is 0.472 e. The van der Waals surface area contributed by atoms with E-state index in [0.717, 1.165) is 102 Å². The van der Waals surface area contributed by atoms with Crippen molar-refractivity contribution in [3.8, 4) is 0 Å². The van der Waals surface area contributed by atoms with E-state index in [9.17, 15) is 43.2 Å². The van der Waals surface area contributed by atoms with E-state index >= 15 is 0 Å². The van der Waals surface area contributed by atoms with Crippen molar-refractivity contribution >= 4 is 39.5 Å². The van der Waals surface area contributed by atoms with Crippen LogP contribution in [0, 0.1) is 11.8 Å². The molecule has 3 N–H and O–H groups in total. The average Bonchev–Trinajstić information content (AvgIpc) is 0.899. The molecule has 0 aliphatic carbocycles. The average molecular weight is 1590 g/mol. The van der Waals surface area contributed by atoms with Crippen molar-refractivity contribution < 1.29 is 80.2 Å². The van der Waals surface area contributed by atoms with Crippen molar-refractivity contribution in [2.45, 2.75) is 503 Å². The number of carbonyl (C=O) groups is 4. The summed E-state index contributed by atoms with van der Waals surface area (Å²) in [5.41, 5.74) is 0. The highest BCUT2D eigenvalue weighted by Gasteiger charge is 2.31. The molecule has 0 aromatic carbocycles. The highest BCUT2D eigenvalue weighted by molar-refractivity contribution is 7.47. The number of esters is 4. The van der Waals surface area contributed by atoms with Crippen molar-refractivity contribution in [1.29, 1.82) is 0 Å². The molecule has 0 saturated heterocycles. The molecule has 648 valence electrons. The maximum atomic E-state index is 13.2. The van der Waals surface area contributed by atoms with E-state index < -0.39 is 97.5 Å². The van der Waals surface area contributed by atoms with Gasteiger partial charge < -0.3 is 33.8 Å². The van der Waals surface area contributed by atoms with E-state index in [0.29, 0.717) is 25.7 Å². The number of carbonyl (C=O) groups excluding carboxylic acids is 4. The van der Waals surface area contributed by atoms with Crippen molar-refractivity contribution in [2.24, 2.45) is 11.8 Å². The lowest BCUT2D eigenvalue weighted by Crippen LogP contribution is -2.30. The molecule has 0 bridgehead atoms. The highest BCUT2D eigenvalue weighted by Crippen LogP contribution is 2.45. The van der Waals surface area contributed by atoms with Crippen LogP contribution in [0.15, 0.2) is 0 Å².